The Morgan fingerprint density at radius 1 is 1.13 bits per heavy atom. The van der Waals surface area contributed by atoms with Crippen LogP contribution in [-0.4, -0.2) is 67.6 Å². The standard InChI is InChI=1S/C15H23F2N3O2S/c1-2-19(12-14-6-4-3-5-7-14)23(21,22)20-10-8-18(9-11-20)13-15(16)17/h3-7,15H,2,8-13H2,1H3. The van der Waals surface area contributed by atoms with Crippen LogP contribution in [0.4, 0.5) is 8.78 Å². The number of alkyl halides is 2. The molecule has 0 aromatic heterocycles. The highest BCUT2D eigenvalue weighted by Crippen LogP contribution is 2.16. The second kappa shape index (κ2) is 8.14. The first kappa shape index (κ1) is 18.3. The van der Waals surface area contributed by atoms with E-state index in [0.717, 1.165) is 5.56 Å². The van der Waals surface area contributed by atoms with Crippen LogP contribution in [0.15, 0.2) is 30.3 Å². The number of hydrogen-bond donors (Lipinski definition) is 0. The van der Waals surface area contributed by atoms with Crippen LogP contribution in [0.1, 0.15) is 12.5 Å². The third-order valence-corrected chi connectivity index (χ3v) is 5.99. The number of hydrogen-bond acceptors (Lipinski definition) is 3. The van der Waals surface area contributed by atoms with Crippen molar-refractivity contribution in [1.29, 1.82) is 0 Å². The Labute approximate surface area is 136 Å². The molecule has 130 valence electrons. The van der Waals surface area contributed by atoms with Crippen molar-refractivity contribution < 1.29 is 17.2 Å². The quantitative estimate of drug-likeness (QED) is 0.753. The fraction of sp³-hybridized carbons (Fsp3) is 0.600. The zero-order chi connectivity index (χ0) is 16.9. The van der Waals surface area contributed by atoms with Gasteiger partial charge in [0.15, 0.2) is 0 Å². The summed E-state index contributed by atoms with van der Waals surface area (Å²) in [6, 6.07) is 9.41. The van der Waals surface area contributed by atoms with Gasteiger partial charge >= 0.3 is 0 Å². The molecule has 0 N–H and O–H groups in total. The fourth-order valence-electron chi connectivity index (χ4n) is 2.64. The molecule has 1 heterocycles. The topological polar surface area (TPSA) is 43.9 Å². The average Bonchev–Trinajstić information content (AvgIpc) is 2.53. The first-order valence-electron chi connectivity index (χ1n) is 7.73. The van der Waals surface area contributed by atoms with Crippen LogP contribution in [0, 0.1) is 0 Å². The molecule has 0 atom stereocenters. The van der Waals surface area contributed by atoms with Gasteiger partial charge in [0, 0.05) is 39.3 Å². The molecule has 8 heteroatoms. The van der Waals surface area contributed by atoms with Gasteiger partial charge in [-0.15, -0.1) is 0 Å². The summed E-state index contributed by atoms with van der Waals surface area (Å²) in [5.74, 6) is 0. The van der Waals surface area contributed by atoms with Crippen LogP contribution in [0.5, 0.6) is 0 Å². The summed E-state index contributed by atoms with van der Waals surface area (Å²) in [6.45, 7) is 3.37. The van der Waals surface area contributed by atoms with Gasteiger partial charge in [0.25, 0.3) is 16.6 Å². The van der Waals surface area contributed by atoms with E-state index >= 15 is 0 Å². The molecule has 1 fully saturated rings. The van der Waals surface area contributed by atoms with E-state index in [1.807, 2.05) is 30.3 Å². The van der Waals surface area contributed by atoms with Crippen LogP contribution in [-0.2, 0) is 16.8 Å². The van der Waals surface area contributed by atoms with Gasteiger partial charge in [0.05, 0.1) is 6.54 Å². The molecule has 1 aromatic rings. The van der Waals surface area contributed by atoms with Crippen LogP contribution >= 0.6 is 0 Å². The van der Waals surface area contributed by atoms with Crippen molar-refractivity contribution >= 4 is 10.2 Å². The molecule has 0 bridgehead atoms. The van der Waals surface area contributed by atoms with E-state index in [2.05, 4.69) is 0 Å². The summed E-state index contributed by atoms with van der Waals surface area (Å²) >= 11 is 0. The van der Waals surface area contributed by atoms with E-state index in [9.17, 15) is 17.2 Å². The largest absolute Gasteiger partial charge is 0.295 e. The molecule has 0 radical (unpaired) electrons. The number of nitrogens with zero attached hydrogens (tertiary/aromatic N) is 3. The lowest BCUT2D eigenvalue weighted by molar-refractivity contribution is 0.0706. The van der Waals surface area contributed by atoms with E-state index in [-0.39, 0.29) is 19.6 Å². The van der Waals surface area contributed by atoms with Crippen LogP contribution in [0.2, 0.25) is 0 Å². The summed E-state index contributed by atoms with van der Waals surface area (Å²) in [5.41, 5.74) is 0.925. The van der Waals surface area contributed by atoms with Crippen molar-refractivity contribution in [2.24, 2.45) is 0 Å². The van der Waals surface area contributed by atoms with Gasteiger partial charge in [0.1, 0.15) is 0 Å². The van der Waals surface area contributed by atoms with Crippen LogP contribution in [0.3, 0.4) is 0 Å². The Morgan fingerprint density at radius 3 is 2.26 bits per heavy atom. The van der Waals surface area contributed by atoms with Crippen molar-refractivity contribution in [3.05, 3.63) is 35.9 Å². The molecule has 0 saturated carbocycles. The molecule has 23 heavy (non-hydrogen) atoms. The van der Waals surface area contributed by atoms with Crippen molar-refractivity contribution in [2.45, 2.75) is 19.9 Å². The van der Waals surface area contributed by atoms with Crippen molar-refractivity contribution in [1.82, 2.24) is 13.5 Å². The first-order valence-corrected chi connectivity index (χ1v) is 9.13. The molecule has 0 aliphatic carbocycles. The van der Waals surface area contributed by atoms with Crippen LogP contribution in [0.25, 0.3) is 0 Å². The van der Waals surface area contributed by atoms with E-state index in [0.29, 0.717) is 26.2 Å². The van der Waals surface area contributed by atoms with Gasteiger partial charge < -0.3 is 0 Å². The Kier molecular flexibility index (Phi) is 6.46. The summed E-state index contributed by atoms with van der Waals surface area (Å²) < 4.78 is 53.1. The molecule has 1 saturated heterocycles. The van der Waals surface area contributed by atoms with Gasteiger partial charge in [-0.25, -0.2) is 8.78 Å². The Hall–Kier alpha value is -1.09. The monoisotopic (exact) mass is 347 g/mol. The molecular weight excluding hydrogens is 324 g/mol. The maximum absolute atomic E-state index is 12.7. The van der Waals surface area contributed by atoms with Crippen molar-refractivity contribution in [2.75, 3.05) is 39.3 Å². The number of benzene rings is 1. The highest BCUT2D eigenvalue weighted by molar-refractivity contribution is 7.86. The molecule has 0 unspecified atom stereocenters. The minimum absolute atomic E-state index is 0.250. The first-order chi connectivity index (χ1) is 10.9. The van der Waals surface area contributed by atoms with Gasteiger partial charge in [-0.05, 0) is 5.56 Å². The predicted octanol–water partition coefficient (Wildman–Crippen LogP) is 1.64. The van der Waals surface area contributed by atoms with Gasteiger partial charge in [-0.2, -0.15) is 17.0 Å². The summed E-state index contributed by atoms with van der Waals surface area (Å²) in [6.07, 6.45) is -2.39. The highest BCUT2D eigenvalue weighted by Gasteiger charge is 2.32. The van der Waals surface area contributed by atoms with Crippen LogP contribution < -0.4 is 0 Å². The molecule has 0 spiro atoms. The predicted molar refractivity (Wildman–Crippen MR) is 85.5 cm³/mol. The second-order valence-corrected chi connectivity index (χ2v) is 7.44. The fourth-order valence-corrected chi connectivity index (χ4v) is 4.23. The Morgan fingerprint density at radius 2 is 1.74 bits per heavy atom. The lowest BCUT2D eigenvalue weighted by atomic mass is 10.2. The number of rotatable bonds is 7. The third-order valence-electron chi connectivity index (χ3n) is 3.93. The SMILES string of the molecule is CCN(Cc1ccccc1)S(=O)(=O)N1CCN(CC(F)F)CC1. The zero-order valence-corrected chi connectivity index (χ0v) is 14.1. The average molecular weight is 347 g/mol. The molecule has 1 aliphatic heterocycles. The molecular formula is C15H23F2N3O2S. The lowest BCUT2D eigenvalue weighted by Gasteiger charge is -2.36. The minimum atomic E-state index is -3.57. The van der Waals surface area contributed by atoms with Gasteiger partial charge in [-0.1, -0.05) is 37.3 Å². The molecule has 1 aliphatic rings. The molecule has 0 amide bonds. The molecule has 5 nitrogen and oxygen atoms in total. The van der Waals surface area contributed by atoms with Gasteiger partial charge in [0.2, 0.25) is 0 Å². The summed E-state index contributed by atoms with van der Waals surface area (Å²) in [5, 5.41) is 0. The Balaban J connectivity index is 1.99. The summed E-state index contributed by atoms with van der Waals surface area (Å²) in [7, 11) is -3.57. The smallest absolute Gasteiger partial charge is 0.282 e. The zero-order valence-electron chi connectivity index (χ0n) is 13.2. The maximum atomic E-state index is 12.7. The number of piperazine rings is 1. The van der Waals surface area contributed by atoms with E-state index in [1.54, 1.807) is 11.8 Å². The second-order valence-electron chi connectivity index (χ2n) is 5.51. The highest BCUT2D eigenvalue weighted by atomic mass is 32.2. The summed E-state index contributed by atoms with van der Waals surface area (Å²) in [4.78, 5) is 1.60. The normalized spacial score (nSPS) is 18.0. The minimum Gasteiger partial charge on any atom is -0.295 e. The van der Waals surface area contributed by atoms with Crippen molar-refractivity contribution in [3.63, 3.8) is 0 Å². The molecule has 1 aromatic carbocycles. The van der Waals surface area contributed by atoms with Crippen molar-refractivity contribution in [3.8, 4) is 0 Å². The van der Waals surface area contributed by atoms with E-state index in [1.165, 1.54) is 8.61 Å². The maximum Gasteiger partial charge on any atom is 0.282 e. The Bertz CT molecular complexity index is 576. The van der Waals surface area contributed by atoms with Gasteiger partial charge in [-0.3, -0.25) is 4.90 Å². The van der Waals surface area contributed by atoms with E-state index < -0.39 is 16.6 Å². The van der Waals surface area contributed by atoms with E-state index in [4.69, 9.17) is 0 Å². The lowest BCUT2D eigenvalue weighted by Crippen LogP contribution is -2.53. The third kappa shape index (κ3) is 4.94. The number of halogens is 2. The molecule has 2 rings (SSSR count).